The van der Waals surface area contributed by atoms with Crippen molar-refractivity contribution in [3.63, 3.8) is 0 Å². The fourth-order valence-electron chi connectivity index (χ4n) is 3.67. The van der Waals surface area contributed by atoms with E-state index in [2.05, 4.69) is 34.6 Å². The molecule has 1 fully saturated rings. The van der Waals surface area contributed by atoms with E-state index in [0.717, 1.165) is 22.4 Å². The molecule has 0 bridgehead atoms. The van der Waals surface area contributed by atoms with E-state index in [1.807, 2.05) is 16.8 Å². The molecular weight excluding hydrogens is 412 g/mol. The first-order valence-corrected chi connectivity index (χ1v) is 13.4. The van der Waals surface area contributed by atoms with Crippen LogP contribution in [0.3, 0.4) is 0 Å². The van der Waals surface area contributed by atoms with Gasteiger partial charge in [0.2, 0.25) is 0 Å². The van der Waals surface area contributed by atoms with E-state index in [1.54, 1.807) is 11.6 Å². The Labute approximate surface area is 172 Å². The van der Waals surface area contributed by atoms with Gasteiger partial charge in [0.15, 0.2) is 5.01 Å². The maximum atomic E-state index is 14.2. The van der Waals surface area contributed by atoms with Crippen molar-refractivity contribution in [2.75, 3.05) is 0 Å². The number of carbonyl (C=O) groups is 1. The van der Waals surface area contributed by atoms with E-state index in [0.29, 0.717) is 18.5 Å². The Hall–Kier alpha value is -2.17. The molecular formula is C19H23F2N5OSSi. The van der Waals surface area contributed by atoms with Crippen molar-refractivity contribution >= 4 is 36.7 Å². The lowest BCUT2D eigenvalue weighted by Gasteiger charge is -2.36. The Balaban J connectivity index is 1.57. The Morgan fingerprint density at radius 1 is 1.41 bits per heavy atom. The molecule has 1 amide bonds. The third-order valence-corrected chi connectivity index (χ3v) is 7.91. The normalized spacial score (nSPS) is 21.6. The number of amides is 1. The highest BCUT2D eigenvalue weighted by molar-refractivity contribution is 7.12. The maximum absolute atomic E-state index is 14.2. The van der Waals surface area contributed by atoms with Gasteiger partial charge in [-0.05, 0) is 24.1 Å². The zero-order chi connectivity index (χ0) is 20.8. The second-order valence-corrected chi connectivity index (χ2v) is 11.6. The number of hydrogen-bond donors (Lipinski definition) is 2. The van der Waals surface area contributed by atoms with Crippen molar-refractivity contribution in [2.24, 2.45) is 5.73 Å². The molecule has 0 aromatic carbocycles. The number of fused-ring (bicyclic) bond motifs is 1. The summed E-state index contributed by atoms with van der Waals surface area (Å²) in [7, 11) is -0.944. The second-order valence-electron chi connectivity index (χ2n) is 7.81. The molecule has 1 aliphatic rings. The van der Waals surface area contributed by atoms with Crippen LogP contribution in [0.4, 0.5) is 8.78 Å². The Kier molecular flexibility index (Phi) is 5.26. The predicted octanol–water partition coefficient (Wildman–Crippen LogP) is 2.40. The van der Waals surface area contributed by atoms with Crippen molar-refractivity contribution in [1.82, 2.24) is 19.9 Å². The molecule has 1 aliphatic carbocycles. The zero-order valence-corrected chi connectivity index (χ0v) is 18.2. The van der Waals surface area contributed by atoms with E-state index < -0.39 is 32.7 Å². The molecule has 3 aromatic rings. The van der Waals surface area contributed by atoms with Crippen LogP contribution < -0.4 is 16.2 Å². The summed E-state index contributed by atoms with van der Waals surface area (Å²) in [5, 5.41) is 10.00. The average molecular weight is 436 g/mol. The molecule has 4 rings (SSSR count). The van der Waals surface area contributed by atoms with Crippen LogP contribution in [-0.2, 0) is 0 Å². The summed E-state index contributed by atoms with van der Waals surface area (Å²) < 4.78 is 30.2. The highest BCUT2D eigenvalue weighted by Gasteiger charge is 2.46. The predicted molar refractivity (Wildman–Crippen MR) is 113 cm³/mol. The first-order chi connectivity index (χ1) is 13.8. The fourth-order valence-corrected chi connectivity index (χ4v) is 5.31. The number of nitrogens with zero attached hydrogens (tertiary/aromatic N) is 3. The van der Waals surface area contributed by atoms with Gasteiger partial charge in [-0.2, -0.15) is 5.10 Å². The summed E-state index contributed by atoms with van der Waals surface area (Å²) >= 11 is 1.12. The summed E-state index contributed by atoms with van der Waals surface area (Å²) in [6.07, 6.45) is 4.30. The number of nitrogens with one attached hydrogen (secondary N) is 1. The van der Waals surface area contributed by atoms with Crippen molar-refractivity contribution in [2.45, 2.75) is 50.4 Å². The monoisotopic (exact) mass is 435 g/mol. The van der Waals surface area contributed by atoms with Crippen LogP contribution in [0.25, 0.3) is 16.8 Å². The summed E-state index contributed by atoms with van der Waals surface area (Å²) in [5.74, 6) is -3.62. The summed E-state index contributed by atoms with van der Waals surface area (Å²) in [5.41, 5.74) is 8.13. The molecule has 0 unspecified atom stereocenters. The molecule has 3 heterocycles. The summed E-state index contributed by atoms with van der Waals surface area (Å²) in [6.45, 7) is 4.50. The maximum Gasteiger partial charge on any atom is 0.280 e. The molecule has 0 radical (unpaired) electrons. The molecule has 0 aliphatic heterocycles. The molecule has 6 nitrogen and oxygen atoms in total. The van der Waals surface area contributed by atoms with Gasteiger partial charge in [-0.25, -0.2) is 18.3 Å². The lowest BCUT2D eigenvalue weighted by atomic mass is 9.87. The standard InChI is InChI=1S/C19H23F2N5OSSi/c1-29(2)11-5-6-15-12(8-23-26(15)9-11)14-10-28-18(24-14)17(27)25-16-13(22)4-3-7-19(16,20)21/h5-6,8-10,13,16,29H,3-4,7,22H2,1-2H3,(H,25,27)/t13-,16+/m0/s1. The van der Waals surface area contributed by atoms with E-state index in [4.69, 9.17) is 5.73 Å². The fraction of sp³-hybridized carbons (Fsp3) is 0.421. The van der Waals surface area contributed by atoms with Gasteiger partial charge in [0, 0.05) is 29.6 Å². The van der Waals surface area contributed by atoms with Gasteiger partial charge in [0.1, 0.15) is 6.04 Å². The van der Waals surface area contributed by atoms with Gasteiger partial charge in [-0.3, -0.25) is 4.79 Å². The van der Waals surface area contributed by atoms with Crippen molar-refractivity contribution in [1.29, 1.82) is 0 Å². The second kappa shape index (κ2) is 7.58. The topological polar surface area (TPSA) is 85.3 Å². The number of thiazole rings is 1. The van der Waals surface area contributed by atoms with Crippen LogP contribution in [-0.4, -0.2) is 47.3 Å². The third-order valence-electron chi connectivity index (χ3n) is 5.40. The van der Waals surface area contributed by atoms with E-state index in [1.165, 1.54) is 5.19 Å². The molecule has 3 aromatic heterocycles. The highest BCUT2D eigenvalue weighted by atomic mass is 32.1. The number of nitrogens with two attached hydrogens (primary N) is 1. The largest absolute Gasteiger partial charge is 0.340 e. The number of halogens is 2. The Morgan fingerprint density at radius 2 is 2.21 bits per heavy atom. The minimum absolute atomic E-state index is 0.138. The van der Waals surface area contributed by atoms with Crippen molar-refractivity contribution < 1.29 is 13.6 Å². The molecule has 10 heteroatoms. The SMILES string of the molecule is C[SiH](C)c1ccc2c(-c3csc(C(=O)N[C@@H]4[C@@H](N)CCCC4(F)F)n3)cnn2c1. The van der Waals surface area contributed by atoms with E-state index in [-0.39, 0.29) is 11.4 Å². The number of aromatic nitrogens is 3. The van der Waals surface area contributed by atoms with Gasteiger partial charge >= 0.3 is 0 Å². The Bertz CT molecular complexity index is 1050. The molecule has 1 saturated carbocycles. The minimum Gasteiger partial charge on any atom is -0.340 e. The van der Waals surface area contributed by atoms with Crippen molar-refractivity contribution in [3.05, 3.63) is 34.9 Å². The van der Waals surface area contributed by atoms with E-state index >= 15 is 0 Å². The lowest BCUT2D eigenvalue weighted by molar-refractivity contribution is -0.0674. The van der Waals surface area contributed by atoms with E-state index in [9.17, 15) is 13.6 Å². The molecule has 0 spiro atoms. The number of carbonyl (C=O) groups excluding carboxylic acids is 1. The van der Waals surface area contributed by atoms with Gasteiger partial charge in [0.25, 0.3) is 11.8 Å². The van der Waals surface area contributed by atoms with Crippen LogP contribution in [0.5, 0.6) is 0 Å². The molecule has 29 heavy (non-hydrogen) atoms. The van der Waals surface area contributed by atoms with Crippen molar-refractivity contribution in [3.8, 4) is 11.3 Å². The van der Waals surface area contributed by atoms with Crippen LogP contribution in [0.2, 0.25) is 13.1 Å². The molecule has 154 valence electrons. The first-order valence-electron chi connectivity index (χ1n) is 9.64. The molecule has 0 saturated heterocycles. The van der Waals surface area contributed by atoms with Gasteiger partial charge in [-0.1, -0.05) is 19.2 Å². The Morgan fingerprint density at radius 3 is 2.93 bits per heavy atom. The average Bonchev–Trinajstić information content (AvgIpc) is 3.30. The quantitative estimate of drug-likeness (QED) is 0.617. The lowest BCUT2D eigenvalue weighted by Crippen LogP contribution is -2.59. The van der Waals surface area contributed by atoms with Crippen LogP contribution in [0, 0.1) is 0 Å². The van der Waals surface area contributed by atoms with Gasteiger partial charge in [0.05, 0.1) is 26.2 Å². The number of hydrogen-bond acceptors (Lipinski definition) is 5. The molecule has 2 atom stereocenters. The van der Waals surface area contributed by atoms with Gasteiger partial charge < -0.3 is 11.1 Å². The van der Waals surface area contributed by atoms with Gasteiger partial charge in [-0.15, -0.1) is 11.3 Å². The highest BCUT2D eigenvalue weighted by Crippen LogP contribution is 2.33. The minimum atomic E-state index is -3.01. The smallest absolute Gasteiger partial charge is 0.280 e. The van der Waals surface area contributed by atoms with Crippen LogP contribution >= 0.6 is 11.3 Å². The van der Waals surface area contributed by atoms with Crippen LogP contribution in [0.1, 0.15) is 29.1 Å². The number of alkyl halides is 2. The summed E-state index contributed by atoms with van der Waals surface area (Å²) in [6, 6.07) is 1.97. The number of rotatable bonds is 4. The van der Waals surface area contributed by atoms with Crippen LogP contribution in [0.15, 0.2) is 29.9 Å². The third kappa shape index (κ3) is 3.84. The summed E-state index contributed by atoms with van der Waals surface area (Å²) in [4.78, 5) is 16.9. The number of pyridine rings is 1. The zero-order valence-electron chi connectivity index (χ0n) is 16.2. The first kappa shape index (κ1) is 20.1. The molecule has 3 N–H and O–H groups in total.